The second-order valence-corrected chi connectivity index (χ2v) is 6.08. The molecule has 0 spiro atoms. The van der Waals surface area contributed by atoms with Crippen molar-refractivity contribution < 1.29 is 14.0 Å². The highest BCUT2D eigenvalue weighted by Crippen LogP contribution is 2.23. The van der Waals surface area contributed by atoms with Gasteiger partial charge in [-0.2, -0.15) is 0 Å². The van der Waals surface area contributed by atoms with Crippen LogP contribution in [-0.2, 0) is 4.79 Å². The predicted molar refractivity (Wildman–Crippen MR) is 83.6 cm³/mol. The third-order valence-electron chi connectivity index (χ3n) is 3.50. The van der Waals surface area contributed by atoms with E-state index in [1.807, 2.05) is 36.4 Å². The van der Waals surface area contributed by atoms with E-state index in [0.717, 1.165) is 0 Å². The Labute approximate surface area is 131 Å². The van der Waals surface area contributed by atoms with Crippen LogP contribution in [0.3, 0.4) is 0 Å². The second-order valence-electron chi connectivity index (χ2n) is 4.92. The molecule has 2 amide bonds. The number of nitrogens with two attached hydrogens (primary N) is 1. The molecule has 1 rings (SSSR count). The van der Waals surface area contributed by atoms with Crippen molar-refractivity contribution in [3.63, 3.8) is 0 Å². The van der Waals surface area contributed by atoms with Crippen molar-refractivity contribution in [3.05, 3.63) is 33.1 Å². The van der Waals surface area contributed by atoms with Crippen LogP contribution in [0.25, 0.3) is 0 Å². The Hall–Kier alpha value is -1.18. The number of carbonyl (C=O) groups is 2. The largest absolute Gasteiger partial charge is 0.368 e. The predicted octanol–water partition coefficient (Wildman–Crippen LogP) is 2.45. The minimum Gasteiger partial charge on any atom is -0.368 e. The number of benzene rings is 1. The molecule has 0 saturated carbocycles. The first-order valence-electron chi connectivity index (χ1n) is 6.32. The van der Waals surface area contributed by atoms with E-state index < -0.39 is 23.2 Å². The fourth-order valence-corrected chi connectivity index (χ4v) is 2.83. The number of halogens is 2. The first-order chi connectivity index (χ1) is 9.24. The van der Waals surface area contributed by atoms with Crippen molar-refractivity contribution in [1.82, 2.24) is 5.32 Å². The maximum atomic E-state index is 13.1. The molecule has 110 valence electrons. The molecule has 0 aromatic heterocycles. The van der Waals surface area contributed by atoms with Crippen LogP contribution in [0.4, 0.5) is 4.39 Å². The quantitative estimate of drug-likeness (QED) is 0.756. The van der Waals surface area contributed by atoms with Crippen LogP contribution in [0.5, 0.6) is 0 Å². The van der Waals surface area contributed by atoms with Gasteiger partial charge in [-0.3, -0.25) is 9.59 Å². The molecule has 6 heteroatoms. The summed E-state index contributed by atoms with van der Waals surface area (Å²) in [5.41, 5.74) is 4.68. The van der Waals surface area contributed by atoms with Crippen LogP contribution >= 0.6 is 22.6 Å². The third-order valence-corrected chi connectivity index (χ3v) is 4.39. The number of hydrogen-bond donors (Lipinski definition) is 2. The Morgan fingerprint density at radius 2 is 2.05 bits per heavy atom. The molecular formula is C14H18FIN2O2. The number of nitrogens with one attached hydrogen (secondary N) is 1. The Bertz CT molecular complexity index is 534. The molecule has 0 heterocycles. The van der Waals surface area contributed by atoms with Crippen molar-refractivity contribution in [1.29, 1.82) is 0 Å². The number of hydrogen-bond acceptors (Lipinski definition) is 2. The van der Waals surface area contributed by atoms with Gasteiger partial charge in [0.1, 0.15) is 11.4 Å². The van der Waals surface area contributed by atoms with Crippen molar-refractivity contribution in [2.24, 2.45) is 11.7 Å². The van der Waals surface area contributed by atoms with Gasteiger partial charge < -0.3 is 11.1 Å². The standard InChI is InChI=1S/C14H18FIN2O2/c1-4-14(8(2)3,13(17)20)18-12(19)10-6-5-9(15)7-11(10)16/h5-8H,4H2,1-3H3,(H2,17,20)(H,18,19)/t14-/m1/s1. The van der Waals surface area contributed by atoms with Crippen molar-refractivity contribution in [2.75, 3.05) is 0 Å². The fourth-order valence-electron chi connectivity index (χ4n) is 2.10. The van der Waals surface area contributed by atoms with Crippen molar-refractivity contribution >= 4 is 34.4 Å². The fraction of sp³-hybridized carbons (Fsp3) is 0.429. The van der Waals surface area contributed by atoms with E-state index in [4.69, 9.17) is 5.73 Å². The normalized spacial score (nSPS) is 13.9. The summed E-state index contributed by atoms with van der Waals surface area (Å²) in [7, 11) is 0. The van der Waals surface area contributed by atoms with E-state index in [-0.39, 0.29) is 5.92 Å². The van der Waals surface area contributed by atoms with Gasteiger partial charge in [0.05, 0.1) is 5.56 Å². The highest BCUT2D eigenvalue weighted by molar-refractivity contribution is 14.1. The van der Waals surface area contributed by atoms with Gasteiger partial charge in [0.25, 0.3) is 5.91 Å². The summed E-state index contributed by atoms with van der Waals surface area (Å²) in [4.78, 5) is 24.1. The molecule has 0 bridgehead atoms. The molecule has 1 aromatic carbocycles. The summed E-state index contributed by atoms with van der Waals surface area (Å²) in [6.07, 6.45) is 0.392. The van der Waals surface area contributed by atoms with Crippen LogP contribution < -0.4 is 11.1 Å². The van der Waals surface area contributed by atoms with Gasteiger partial charge in [-0.25, -0.2) is 4.39 Å². The Kier molecular flexibility index (Phi) is 5.50. The van der Waals surface area contributed by atoms with Gasteiger partial charge in [-0.15, -0.1) is 0 Å². The third kappa shape index (κ3) is 3.28. The summed E-state index contributed by atoms with van der Waals surface area (Å²) >= 11 is 1.88. The number of amides is 2. The molecule has 4 nitrogen and oxygen atoms in total. The minimum absolute atomic E-state index is 0.146. The van der Waals surface area contributed by atoms with Crippen LogP contribution in [0.15, 0.2) is 18.2 Å². The van der Waals surface area contributed by atoms with E-state index in [9.17, 15) is 14.0 Å². The molecule has 0 saturated heterocycles. The Morgan fingerprint density at radius 3 is 2.45 bits per heavy atom. The van der Waals surface area contributed by atoms with Gasteiger partial charge in [-0.1, -0.05) is 20.8 Å². The summed E-state index contributed by atoms with van der Waals surface area (Å²) < 4.78 is 13.5. The van der Waals surface area contributed by atoms with Gasteiger partial charge in [0.15, 0.2) is 0 Å². The summed E-state index contributed by atoms with van der Waals surface area (Å²) in [5, 5.41) is 2.71. The van der Waals surface area contributed by atoms with Crippen LogP contribution in [0.1, 0.15) is 37.6 Å². The number of rotatable bonds is 5. The van der Waals surface area contributed by atoms with Gasteiger partial charge in [0.2, 0.25) is 5.91 Å². The summed E-state index contributed by atoms with van der Waals surface area (Å²) in [6, 6.07) is 3.88. The van der Waals surface area contributed by atoms with E-state index in [0.29, 0.717) is 15.6 Å². The van der Waals surface area contributed by atoms with Crippen LogP contribution in [0.2, 0.25) is 0 Å². The SMILES string of the molecule is CC[C@](NC(=O)c1ccc(F)cc1I)(C(N)=O)C(C)C. The van der Waals surface area contributed by atoms with Crippen molar-refractivity contribution in [3.8, 4) is 0 Å². The Balaban J connectivity index is 3.12. The number of primary amides is 1. The van der Waals surface area contributed by atoms with E-state index in [1.54, 1.807) is 6.92 Å². The molecule has 0 radical (unpaired) electrons. The van der Waals surface area contributed by atoms with Gasteiger partial charge >= 0.3 is 0 Å². The molecule has 20 heavy (non-hydrogen) atoms. The first-order valence-corrected chi connectivity index (χ1v) is 7.40. The second kappa shape index (κ2) is 6.51. The lowest BCUT2D eigenvalue weighted by Gasteiger charge is -2.34. The maximum absolute atomic E-state index is 13.1. The molecule has 0 aliphatic carbocycles. The van der Waals surface area contributed by atoms with Gasteiger partial charge in [-0.05, 0) is 53.1 Å². The molecule has 1 atom stereocenters. The zero-order valence-electron chi connectivity index (χ0n) is 11.7. The molecule has 0 unspecified atom stereocenters. The van der Waals surface area contributed by atoms with E-state index >= 15 is 0 Å². The van der Waals surface area contributed by atoms with Gasteiger partial charge in [0, 0.05) is 3.57 Å². The molecule has 1 aromatic rings. The average Bonchev–Trinajstić information content (AvgIpc) is 2.34. The summed E-state index contributed by atoms with van der Waals surface area (Å²) in [5.74, 6) is -1.55. The van der Waals surface area contributed by atoms with Crippen molar-refractivity contribution in [2.45, 2.75) is 32.7 Å². The topological polar surface area (TPSA) is 72.2 Å². The molecule has 0 fully saturated rings. The molecular weight excluding hydrogens is 374 g/mol. The molecule has 3 N–H and O–H groups in total. The van der Waals surface area contributed by atoms with E-state index in [2.05, 4.69) is 5.32 Å². The molecule has 0 aliphatic rings. The minimum atomic E-state index is -1.10. The zero-order valence-corrected chi connectivity index (χ0v) is 13.8. The monoisotopic (exact) mass is 392 g/mol. The zero-order chi connectivity index (χ0) is 15.5. The van der Waals surface area contributed by atoms with E-state index in [1.165, 1.54) is 18.2 Å². The van der Waals surface area contributed by atoms with Crippen LogP contribution in [0, 0.1) is 15.3 Å². The first kappa shape index (κ1) is 16.9. The van der Waals surface area contributed by atoms with Crippen LogP contribution in [-0.4, -0.2) is 17.4 Å². The number of carbonyl (C=O) groups excluding carboxylic acids is 2. The lowest BCUT2D eigenvalue weighted by Crippen LogP contribution is -2.60. The Morgan fingerprint density at radius 1 is 1.45 bits per heavy atom. The highest BCUT2D eigenvalue weighted by Gasteiger charge is 2.40. The summed E-state index contributed by atoms with van der Waals surface area (Å²) in [6.45, 7) is 5.44. The maximum Gasteiger partial charge on any atom is 0.253 e. The molecule has 0 aliphatic heterocycles. The lowest BCUT2D eigenvalue weighted by atomic mass is 9.83. The highest BCUT2D eigenvalue weighted by atomic mass is 127. The average molecular weight is 392 g/mol. The lowest BCUT2D eigenvalue weighted by molar-refractivity contribution is -0.126. The smallest absolute Gasteiger partial charge is 0.253 e.